The molecule has 0 amide bonds. The van der Waals surface area contributed by atoms with Crippen molar-refractivity contribution in [3.63, 3.8) is 0 Å². The first-order valence-corrected chi connectivity index (χ1v) is 9.44. The van der Waals surface area contributed by atoms with Gasteiger partial charge < -0.3 is 19.5 Å². The fourth-order valence-electron chi connectivity index (χ4n) is 2.94. The number of para-hydroxylation sites is 1. The van der Waals surface area contributed by atoms with Gasteiger partial charge in [-0.15, -0.1) is 12.4 Å². The van der Waals surface area contributed by atoms with Crippen LogP contribution in [0, 0.1) is 0 Å². The molecule has 0 aliphatic rings. The van der Waals surface area contributed by atoms with E-state index in [4.69, 9.17) is 25.8 Å². The predicted molar refractivity (Wildman–Crippen MR) is 120 cm³/mol. The third kappa shape index (κ3) is 6.29. The smallest absolute Gasteiger partial charge is 0.180 e. The average molecular weight is 434 g/mol. The van der Waals surface area contributed by atoms with Crippen molar-refractivity contribution in [3.8, 4) is 17.2 Å². The molecule has 3 rings (SSSR count). The Balaban J connectivity index is 0.00000300. The van der Waals surface area contributed by atoms with E-state index in [2.05, 4.69) is 5.32 Å². The van der Waals surface area contributed by atoms with Crippen molar-refractivity contribution < 1.29 is 14.2 Å². The first-order chi connectivity index (χ1) is 13.7. The predicted octanol–water partition coefficient (Wildman–Crippen LogP) is 5.65. The van der Waals surface area contributed by atoms with Crippen molar-refractivity contribution in [3.05, 3.63) is 88.4 Å². The molecule has 0 spiro atoms. The number of hydrogen-bond donors (Lipinski definition) is 1. The molecule has 0 saturated carbocycles. The first-order valence-electron chi connectivity index (χ1n) is 9.07. The van der Waals surface area contributed by atoms with Crippen molar-refractivity contribution in [1.29, 1.82) is 0 Å². The standard InChI is InChI=1S/C23H24ClNO3.ClH/c1-26-21-11-7-6-10-19(21)15-25-14-18-12-20(24)23(22(13-18)27-2)28-16-17-8-4-3-5-9-17;/h3-13,25H,14-16H2,1-2H3;1H. The maximum absolute atomic E-state index is 6.47. The van der Waals surface area contributed by atoms with Crippen LogP contribution in [0.2, 0.25) is 5.02 Å². The molecule has 0 saturated heterocycles. The summed E-state index contributed by atoms with van der Waals surface area (Å²) in [6.07, 6.45) is 0. The zero-order valence-electron chi connectivity index (χ0n) is 16.5. The van der Waals surface area contributed by atoms with Crippen LogP contribution >= 0.6 is 24.0 Å². The molecule has 0 aromatic heterocycles. The molecule has 0 bridgehead atoms. The molecule has 1 N–H and O–H groups in total. The van der Waals surface area contributed by atoms with Gasteiger partial charge in [-0.3, -0.25) is 0 Å². The highest BCUT2D eigenvalue weighted by Gasteiger charge is 2.12. The lowest BCUT2D eigenvalue weighted by atomic mass is 10.1. The minimum absolute atomic E-state index is 0. The molecule has 0 unspecified atom stereocenters. The summed E-state index contributed by atoms with van der Waals surface area (Å²) in [4.78, 5) is 0. The van der Waals surface area contributed by atoms with Crippen LogP contribution in [-0.2, 0) is 19.7 Å². The van der Waals surface area contributed by atoms with Crippen molar-refractivity contribution in [2.45, 2.75) is 19.7 Å². The van der Waals surface area contributed by atoms with Crippen LogP contribution in [-0.4, -0.2) is 14.2 Å². The van der Waals surface area contributed by atoms with Crippen molar-refractivity contribution in [2.24, 2.45) is 0 Å². The van der Waals surface area contributed by atoms with Crippen LogP contribution in [0.15, 0.2) is 66.7 Å². The largest absolute Gasteiger partial charge is 0.496 e. The van der Waals surface area contributed by atoms with Crippen molar-refractivity contribution in [1.82, 2.24) is 5.32 Å². The number of benzene rings is 3. The summed E-state index contributed by atoms with van der Waals surface area (Å²) in [7, 11) is 3.30. The van der Waals surface area contributed by atoms with E-state index in [0.29, 0.717) is 36.2 Å². The molecule has 0 heterocycles. The Morgan fingerprint density at radius 2 is 1.48 bits per heavy atom. The highest BCUT2D eigenvalue weighted by Crippen LogP contribution is 2.37. The Bertz CT molecular complexity index is 904. The normalized spacial score (nSPS) is 10.2. The van der Waals surface area contributed by atoms with E-state index in [1.807, 2.05) is 66.7 Å². The van der Waals surface area contributed by atoms with Crippen LogP contribution in [0.4, 0.5) is 0 Å². The molecule has 0 radical (unpaired) electrons. The topological polar surface area (TPSA) is 39.7 Å². The van der Waals surface area contributed by atoms with Gasteiger partial charge in [0.2, 0.25) is 0 Å². The number of methoxy groups -OCH3 is 2. The van der Waals surface area contributed by atoms with Gasteiger partial charge in [-0.2, -0.15) is 0 Å². The van der Waals surface area contributed by atoms with E-state index in [1.165, 1.54) is 0 Å². The molecule has 3 aromatic carbocycles. The monoisotopic (exact) mass is 433 g/mol. The van der Waals surface area contributed by atoms with Crippen LogP contribution < -0.4 is 19.5 Å². The average Bonchev–Trinajstić information content (AvgIpc) is 2.73. The summed E-state index contributed by atoms with van der Waals surface area (Å²) < 4.78 is 16.8. The molecule has 6 heteroatoms. The zero-order valence-corrected chi connectivity index (χ0v) is 18.1. The minimum atomic E-state index is 0. The van der Waals surface area contributed by atoms with Gasteiger partial charge in [-0.05, 0) is 29.3 Å². The quantitative estimate of drug-likeness (QED) is 0.473. The molecule has 0 atom stereocenters. The zero-order chi connectivity index (χ0) is 19.8. The van der Waals surface area contributed by atoms with Gasteiger partial charge in [0.15, 0.2) is 11.5 Å². The molecular formula is C23H25Cl2NO3. The summed E-state index contributed by atoms with van der Waals surface area (Å²) in [5.41, 5.74) is 3.19. The number of halogens is 2. The number of nitrogens with one attached hydrogen (secondary N) is 1. The SMILES string of the molecule is COc1ccccc1CNCc1cc(Cl)c(OCc2ccccc2)c(OC)c1.Cl. The Hall–Kier alpha value is -2.40. The van der Waals surface area contributed by atoms with E-state index in [-0.39, 0.29) is 12.4 Å². The van der Waals surface area contributed by atoms with E-state index in [0.717, 1.165) is 22.4 Å². The van der Waals surface area contributed by atoms with E-state index >= 15 is 0 Å². The second-order valence-corrected chi connectivity index (χ2v) is 6.71. The van der Waals surface area contributed by atoms with E-state index in [1.54, 1.807) is 14.2 Å². The Kier molecular flexibility index (Phi) is 9.13. The summed E-state index contributed by atoms with van der Waals surface area (Å²) >= 11 is 6.47. The van der Waals surface area contributed by atoms with E-state index in [9.17, 15) is 0 Å². The van der Waals surface area contributed by atoms with Crippen LogP contribution in [0.25, 0.3) is 0 Å². The third-order valence-corrected chi connectivity index (χ3v) is 4.63. The molecule has 0 aliphatic heterocycles. The van der Waals surface area contributed by atoms with Gasteiger partial charge in [0.05, 0.1) is 19.2 Å². The molecule has 29 heavy (non-hydrogen) atoms. The summed E-state index contributed by atoms with van der Waals surface area (Å²) in [5, 5.41) is 3.95. The lowest BCUT2D eigenvalue weighted by molar-refractivity contribution is 0.284. The fraction of sp³-hybridized carbons (Fsp3) is 0.217. The Morgan fingerprint density at radius 1 is 0.793 bits per heavy atom. The highest BCUT2D eigenvalue weighted by atomic mass is 35.5. The second kappa shape index (κ2) is 11.6. The van der Waals surface area contributed by atoms with Gasteiger partial charge in [-0.25, -0.2) is 0 Å². The van der Waals surface area contributed by atoms with Crippen LogP contribution in [0.1, 0.15) is 16.7 Å². The maximum atomic E-state index is 6.47. The molecule has 154 valence electrons. The number of ether oxygens (including phenoxy) is 3. The van der Waals surface area contributed by atoms with Crippen molar-refractivity contribution in [2.75, 3.05) is 14.2 Å². The molecule has 0 aliphatic carbocycles. The van der Waals surface area contributed by atoms with E-state index < -0.39 is 0 Å². The minimum Gasteiger partial charge on any atom is -0.496 e. The maximum Gasteiger partial charge on any atom is 0.180 e. The Morgan fingerprint density at radius 3 is 2.21 bits per heavy atom. The molecule has 0 fully saturated rings. The van der Waals surface area contributed by atoms with Gasteiger partial charge in [0.25, 0.3) is 0 Å². The number of rotatable bonds is 9. The third-order valence-electron chi connectivity index (χ3n) is 4.35. The van der Waals surface area contributed by atoms with Crippen LogP contribution in [0.3, 0.4) is 0 Å². The van der Waals surface area contributed by atoms with Gasteiger partial charge in [0.1, 0.15) is 12.4 Å². The van der Waals surface area contributed by atoms with Crippen molar-refractivity contribution >= 4 is 24.0 Å². The summed E-state index contributed by atoms with van der Waals surface area (Å²) in [6.45, 7) is 1.77. The second-order valence-electron chi connectivity index (χ2n) is 6.30. The van der Waals surface area contributed by atoms with Gasteiger partial charge in [-0.1, -0.05) is 60.1 Å². The lowest BCUT2D eigenvalue weighted by Gasteiger charge is -2.15. The molecule has 3 aromatic rings. The highest BCUT2D eigenvalue weighted by molar-refractivity contribution is 6.32. The first kappa shape index (κ1) is 22.9. The summed E-state index contributed by atoms with van der Waals surface area (Å²) in [6, 6.07) is 21.8. The van der Waals surface area contributed by atoms with Gasteiger partial charge in [0, 0.05) is 18.7 Å². The summed E-state index contributed by atoms with van der Waals surface area (Å²) in [5.74, 6) is 2.05. The lowest BCUT2D eigenvalue weighted by Crippen LogP contribution is -2.13. The molecule has 4 nitrogen and oxygen atoms in total. The Labute approximate surface area is 183 Å². The fourth-order valence-corrected chi connectivity index (χ4v) is 3.22. The number of hydrogen-bond acceptors (Lipinski definition) is 4. The van der Waals surface area contributed by atoms with Gasteiger partial charge >= 0.3 is 0 Å². The van der Waals surface area contributed by atoms with Crippen LogP contribution in [0.5, 0.6) is 17.2 Å². The molecular weight excluding hydrogens is 409 g/mol.